The van der Waals surface area contributed by atoms with Crippen LogP contribution in [0.2, 0.25) is 5.02 Å². The molecule has 0 saturated heterocycles. The number of benzene rings is 1. The predicted octanol–water partition coefficient (Wildman–Crippen LogP) is 3.06. The van der Waals surface area contributed by atoms with Gasteiger partial charge in [0, 0.05) is 35.4 Å². The average molecular weight is 326 g/mol. The smallest absolute Gasteiger partial charge is 0.303 e. The monoisotopic (exact) mass is 325 g/mol. The van der Waals surface area contributed by atoms with Crippen LogP contribution in [0.3, 0.4) is 0 Å². The SMILES string of the molecule is CC(C)(CCC(=O)O)NC(=O)CCC(=O)c1ccc(Cl)cc1. The Bertz CT molecular complexity index is 552. The van der Waals surface area contributed by atoms with Gasteiger partial charge in [-0.15, -0.1) is 0 Å². The number of carboxylic acid groups (broad SMARTS) is 1. The number of carboxylic acids is 1. The molecule has 0 spiro atoms. The molecule has 1 aromatic rings. The van der Waals surface area contributed by atoms with Gasteiger partial charge in [-0.05, 0) is 44.5 Å². The molecule has 0 saturated carbocycles. The highest BCUT2D eigenvalue weighted by atomic mass is 35.5. The van der Waals surface area contributed by atoms with Gasteiger partial charge in [-0.3, -0.25) is 14.4 Å². The van der Waals surface area contributed by atoms with E-state index in [1.54, 1.807) is 38.1 Å². The fraction of sp³-hybridized carbons (Fsp3) is 0.438. The molecule has 0 bridgehead atoms. The molecule has 6 heteroatoms. The molecule has 1 rings (SSSR count). The molecule has 0 fully saturated rings. The van der Waals surface area contributed by atoms with Crippen LogP contribution < -0.4 is 5.32 Å². The molecule has 1 aromatic carbocycles. The summed E-state index contributed by atoms with van der Waals surface area (Å²) in [6.45, 7) is 3.52. The molecule has 22 heavy (non-hydrogen) atoms. The lowest BCUT2D eigenvalue weighted by molar-refractivity contribution is -0.137. The Morgan fingerprint density at radius 2 is 1.68 bits per heavy atom. The molecule has 5 nitrogen and oxygen atoms in total. The number of carbonyl (C=O) groups excluding carboxylic acids is 2. The Hall–Kier alpha value is -1.88. The molecule has 2 N–H and O–H groups in total. The molecule has 0 aliphatic carbocycles. The summed E-state index contributed by atoms with van der Waals surface area (Å²) in [6.07, 6.45) is 0.483. The first-order valence-corrected chi connectivity index (χ1v) is 7.39. The zero-order valence-electron chi connectivity index (χ0n) is 12.7. The lowest BCUT2D eigenvalue weighted by atomic mass is 9.97. The van der Waals surface area contributed by atoms with Crippen LogP contribution in [-0.2, 0) is 9.59 Å². The molecule has 120 valence electrons. The maximum Gasteiger partial charge on any atom is 0.303 e. The zero-order valence-corrected chi connectivity index (χ0v) is 13.4. The minimum Gasteiger partial charge on any atom is -0.481 e. The minimum absolute atomic E-state index is 0.0169. The first-order chi connectivity index (χ1) is 10.2. The summed E-state index contributed by atoms with van der Waals surface area (Å²) in [5.74, 6) is -1.30. The van der Waals surface area contributed by atoms with Gasteiger partial charge in [-0.2, -0.15) is 0 Å². The third kappa shape index (κ3) is 6.72. The van der Waals surface area contributed by atoms with Crippen LogP contribution in [-0.4, -0.2) is 28.3 Å². The van der Waals surface area contributed by atoms with E-state index in [1.807, 2.05) is 0 Å². The molecule has 0 radical (unpaired) electrons. The number of aliphatic carboxylic acids is 1. The number of hydrogen-bond acceptors (Lipinski definition) is 3. The minimum atomic E-state index is -0.903. The quantitative estimate of drug-likeness (QED) is 0.719. The number of Topliss-reactive ketones (excluding diaryl/α,β-unsaturated/α-hetero) is 1. The van der Waals surface area contributed by atoms with Crippen LogP contribution in [0.5, 0.6) is 0 Å². The van der Waals surface area contributed by atoms with Crippen LogP contribution in [0.1, 0.15) is 49.9 Å². The van der Waals surface area contributed by atoms with E-state index in [0.29, 0.717) is 17.0 Å². The molecule has 0 unspecified atom stereocenters. The molecule has 0 atom stereocenters. The highest BCUT2D eigenvalue weighted by molar-refractivity contribution is 6.30. The van der Waals surface area contributed by atoms with Crippen LogP contribution in [0.15, 0.2) is 24.3 Å². The highest BCUT2D eigenvalue weighted by Gasteiger charge is 2.21. The summed E-state index contributed by atoms with van der Waals surface area (Å²) < 4.78 is 0. The summed E-state index contributed by atoms with van der Waals surface area (Å²) >= 11 is 5.75. The third-order valence-electron chi connectivity index (χ3n) is 3.19. The third-order valence-corrected chi connectivity index (χ3v) is 3.44. The predicted molar refractivity (Wildman–Crippen MR) is 84.1 cm³/mol. The zero-order chi connectivity index (χ0) is 16.8. The second-order valence-electron chi connectivity index (χ2n) is 5.76. The lowest BCUT2D eigenvalue weighted by Crippen LogP contribution is -2.43. The summed E-state index contributed by atoms with van der Waals surface area (Å²) in [5.41, 5.74) is -0.0963. The van der Waals surface area contributed by atoms with Gasteiger partial charge in [0.25, 0.3) is 0 Å². The standard InChI is InChI=1S/C16H20ClNO4/c1-16(2,10-9-15(21)22)18-14(20)8-7-13(19)11-3-5-12(17)6-4-11/h3-6H,7-10H2,1-2H3,(H,18,20)(H,21,22). The van der Waals surface area contributed by atoms with Gasteiger partial charge in [0.2, 0.25) is 5.91 Å². The van der Waals surface area contributed by atoms with E-state index < -0.39 is 11.5 Å². The summed E-state index contributed by atoms with van der Waals surface area (Å²) in [7, 11) is 0. The van der Waals surface area contributed by atoms with Crippen LogP contribution in [0, 0.1) is 0 Å². The number of ketones is 1. The average Bonchev–Trinajstić information content (AvgIpc) is 2.43. The van der Waals surface area contributed by atoms with Crippen molar-refractivity contribution in [3.8, 4) is 0 Å². The summed E-state index contributed by atoms with van der Waals surface area (Å²) in [4.78, 5) is 34.4. The van der Waals surface area contributed by atoms with E-state index in [4.69, 9.17) is 16.7 Å². The molecular weight excluding hydrogens is 306 g/mol. The van der Waals surface area contributed by atoms with E-state index in [9.17, 15) is 14.4 Å². The lowest BCUT2D eigenvalue weighted by Gasteiger charge is -2.25. The Morgan fingerprint density at radius 1 is 1.09 bits per heavy atom. The van der Waals surface area contributed by atoms with E-state index in [-0.39, 0.29) is 31.0 Å². The summed E-state index contributed by atoms with van der Waals surface area (Å²) in [5, 5.41) is 12.0. The van der Waals surface area contributed by atoms with Crippen molar-refractivity contribution >= 4 is 29.3 Å². The van der Waals surface area contributed by atoms with Crippen LogP contribution in [0.4, 0.5) is 0 Å². The van der Waals surface area contributed by atoms with Gasteiger partial charge >= 0.3 is 5.97 Å². The summed E-state index contributed by atoms with van der Waals surface area (Å²) in [6, 6.07) is 6.51. The molecular formula is C16H20ClNO4. The normalized spacial score (nSPS) is 11.0. The fourth-order valence-electron chi connectivity index (χ4n) is 1.93. The highest BCUT2D eigenvalue weighted by Crippen LogP contribution is 2.14. The van der Waals surface area contributed by atoms with E-state index in [1.165, 1.54) is 0 Å². The number of carbonyl (C=O) groups is 3. The van der Waals surface area contributed by atoms with Crippen LogP contribution in [0.25, 0.3) is 0 Å². The van der Waals surface area contributed by atoms with Gasteiger partial charge in [0.05, 0.1) is 0 Å². The van der Waals surface area contributed by atoms with Crippen molar-refractivity contribution in [2.45, 2.75) is 45.1 Å². The van der Waals surface area contributed by atoms with Crippen molar-refractivity contribution in [1.29, 1.82) is 0 Å². The van der Waals surface area contributed by atoms with Gasteiger partial charge in [0.15, 0.2) is 5.78 Å². The first kappa shape index (κ1) is 18.2. The van der Waals surface area contributed by atoms with Crippen molar-refractivity contribution in [2.75, 3.05) is 0 Å². The van der Waals surface area contributed by atoms with Crippen molar-refractivity contribution in [3.63, 3.8) is 0 Å². The van der Waals surface area contributed by atoms with Gasteiger partial charge in [-0.1, -0.05) is 11.6 Å². The van der Waals surface area contributed by atoms with Crippen molar-refractivity contribution in [1.82, 2.24) is 5.32 Å². The van der Waals surface area contributed by atoms with Gasteiger partial charge in [-0.25, -0.2) is 0 Å². The second kappa shape index (κ2) is 7.94. The number of rotatable bonds is 8. The van der Waals surface area contributed by atoms with E-state index in [2.05, 4.69) is 5.32 Å². The second-order valence-corrected chi connectivity index (χ2v) is 6.19. The van der Waals surface area contributed by atoms with Gasteiger partial charge < -0.3 is 10.4 Å². The number of nitrogens with one attached hydrogen (secondary N) is 1. The molecule has 0 aliphatic heterocycles. The number of halogens is 1. The molecule has 1 amide bonds. The van der Waals surface area contributed by atoms with E-state index >= 15 is 0 Å². The van der Waals surface area contributed by atoms with Crippen molar-refractivity contribution in [2.24, 2.45) is 0 Å². The first-order valence-electron chi connectivity index (χ1n) is 7.01. The van der Waals surface area contributed by atoms with Gasteiger partial charge in [0.1, 0.15) is 0 Å². The maximum absolute atomic E-state index is 11.9. The Kier molecular flexibility index (Phi) is 6.56. The van der Waals surface area contributed by atoms with E-state index in [0.717, 1.165) is 0 Å². The maximum atomic E-state index is 11.9. The van der Waals surface area contributed by atoms with Crippen molar-refractivity contribution in [3.05, 3.63) is 34.9 Å². The Balaban J connectivity index is 2.43. The van der Waals surface area contributed by atoms with Crippen LogP contribution >= 0.6 is 11.6 Å². The number of amides is 1. The van der Waals surface area contributed by atoms with Crippen molar-refractivity contribution < 1.29 is 19.5 Å². The molecule has 0 heterocycles. The molecule has 0 aromatic heterocycles. The Labute approximate surface area is 134 Å². The fourth-order valence-corrected chi connectivity index (χ4v) is 2.06. The Morgan fingerprint density at radius 3 is 2.23 bits per heavy atom. The largest absolute Gasteiger partial charge is 0.481 e. The topological polar surface area (TPSA) is 83.5 Å². The molecule has 0 aliphatic rings. The number of hydrogen-bond donors (Lipinski definition) is 2.